The van der Waals surface area contributed by atoms with Crippen molar-refractivity contribution in [3.63, 3.8) is 0 Å². The second-order valence-electron chi connectivity index (χ2n) is 7.85. The summed E-state index contributed by atoms with van der Waals surface area (Å²) >= 11 is 0. The van der Waals surface area contributed by atoms with Crippen LogP contribution in [-0.2, 0) is 4.79 Å². The van der Waals surface area contributed by atoms with Crippen LogP contribution in [0, 0.1) is 11.3 Å². The number of likely N-dealkylation sites (tertiary alicyclic amines) is 1. The van der Waals surface area contributed by atoms with Crippen LogP contribution in [-0.4, -0.2) is 36.0 Å². The number of rotatable bonds is 6. The third kappa shape index (κ3) is 3.19. The molecule has 1 aliphatic heterocycles. The van der Waals surface area contributed by atoms with E-state index in [-0.39, 0.29) is 6.04 Å². The molecule has 1 atom stereocenters. The van der Waals surface area contributed by atoms with Crippen molar-refractivity contribution in [2.45, 2.75) is 77.3 Å². The average Bonchev–Trinajstić information content (AvgIpc) is 3.00. The highest BCUT2D eigenvalue weighted by atomic mass is 16.2. The number of hydrogen-bond acceptors (Lipinski definition) is 2. The van der Waals surface area contributed by atoms with Gasteiger partial charge in [0.25, 0.3) is 0 Å². The van der Waals surface area contributed by atoms with Crippen molar-refractivity contribution in [1.82, 2.24) is 10.2 Å². The molecule has 0 aromatic carbocycles. The molecule has 0 aromatic rings. The molecule has 1 amide bonds. The van der Waals surface area contributed by atoms with E-state index >= 15 is 0 Å². The molecule has 3 nitrogen and oxygen atoms in total. The van der Waals surface area contributed by atoms with Crippen molar-refractivity contribution >= 4 is 5.91 Å². The first kappa shape index (κ1) is 14.4. The summed E-state index contributed by atoms with van der Waals surface area (Å²) in [4.78, 5) is 14.7. The molecule has 1 unspecified atom stereocenters. The van der Waals surface area contributed by atoms with E-state index in [0.29, 0.717) is 17.4 Å². The van der Waals surface area contributed by atoms with Gasteiger partial charge in [-0.05, 0) is 49.9 Å². The fourth-order valence-electron chi connectivity index (χ4n) is 4.41. The summed E-state index contributed by atoms with van der Waals surface area (Å²) in [6, 6.07) is 0.764. The number of amides is 1. The first-order valence-corrected chi connectivity index (χ1v) is 8.63. The first-order chi connectivity index (χ1) is 9.58. The summed E-state index contributed by atoms with van der Waals surface area (Å²) in [5.74, 6) is 1.12. The van der Waals surface area contributed by atoms with Crippen molar-refractivity contribution in [2.24, 2.45) is 11.3 Å². The van der Waals surface area contributed by atoms with Crippen LogP contribution < -0.4 is 5.32 Å². The van der Waals surface area contributed by atoms with Gasteiger partial charge in [0.05, 0.1) is 6.04 Å². The number of carbonyl (C=O) groups is 1. The highest BCUT2D eigenvalue weighted by Gasteiger charge is 2.41. The maximum absolute atomic E-state index is 12.5. The summed E-state index contributed by atoms with van der Waals surface area (Å²) < 4.78 is 0. The summed E-state index contributed by atoms with van der Waals surface area (Å²) in [6.45, 7) is 6.64. The summed E-state index contributed by atoms with van der Waals surface area (Å²) in [6.07, 6.45) is 10.2. The van der Waals surface area contributed by atoms with Gasteiger partial charge in [0.1, 0.15) is 0 Å². The Hall–Kier alpha value is -0.570. The van der Waals surface area contributed by atoms with Gasteiger partial charge in [0.2, 0.25) is 5.91 Å². The third-order valence-electron chi connectivity index (χ3n) is 5.34. The molecule has 3 fully saturated rings. The molecular formula is C17H30N2O. The van der Waals surface area contributed by atoms with Gasteiger partial charge in [-0.15, -0.1) is 0 Å². The van der Waals surface area contributed by atoms with Crippen LogP contribution in [0.3, 0.4) is 0 Å². The summed E-state index contributed by atoms with van der Waals surface area (Å²) in [5, 5.41) is 3.52. The van der Waals surface area contributed by atoms with Gasteiger partial charge in [0.15, 0.2) is 0 Å². The van der Waals surface area contributed by atoms with Gasteiger partial charge in [-0.1, -0.05) is 26.7 Å². The summed E-state index contributed by atoms with van der Waals surface area (Å²) in [5.41, 5.74) is 0.429. The zero-order chi connectivity index (χ0) is 14.2. The van der Waals surface area contributed by atoms with E-state index in [0.717, 1.165) is 25.4 Å². The Morgan fingerprint density at radius 3 is 2.55 bits per heavy atom. The van der Waals surface area contributed by atoms with Gasteiger partial charge < -0.3 is 10.2 Å². The van der Waals surface area contributed by atoms with E-state index in [2.05, 4.69) is 24.1 Å². The molecule has 0 radical (unpaired) electrons. The van der Waals surface area contributed by atoms with Crippen molar-refractivity contribution in [2.75, 3.05) is 13.1 Å². The number of nitrogens with zero attached hydrogens (tertiary/aromatic N) is 1. The van der Waals surface area contributed by atoms with Gasteiger partial charge in [0, 0.05) is 19.1 Å². The monoisotopic (exact) mass is 278 g/mol. The second kappa shape index (κ2) is 5.67. The fourth-order valence-corrected chi connectivity index (χ4v) is 4.41. The van der Waals surface area contributed by atoms with E-state index in [1.165, 1.54) is 44.9 Å². The minimum atomic E-state index is 0.125. The van der Waals surface area contributed by atoms with Crippen LogP contribution in [0.1, 0.15) is 65.2 Å². The van der Waals surface area contributed by atoms with Crippen LogP contribution in [0.15, 0.2) is 0 Å². The molecule has 3 heteroatoms. The van der Waals surface area contributed by atoms with Crippen LogP contribution in [0.2, 0.25) is 0 Å². The molecule has 2 aliphatic carbocycles. The third-order valence-corrected chi connectivity index (χ3v) is 5.34. The maximum atomic E-state index is 12.5. The molecule has 3 aliphatic rings. The minimum Gasteiger partial charge on any atom is -0.341 e. The largest absolute Gasteiger partial charge is 0.341 e. The average molecular weight is 278 g/mol. The van der Waals surface area contributed by atoms with Crippen molar-refractivity contribution in [3.8, 4) is 0 Å². The molecule has 0 bridgehead atoms. The Balaban J connectivity index is 1.59. The van der Waals surface area contributed by atoms with E-state index in [9.17, 15) is 4.79 Å². The Bertz CT molecular complexity index is 356. The maximum Gasteiger partial charge on any atom is 0.239 e. The van der Waals surface area contributed by atoms with Gasteiger partial charge in [-0.25, -0.2) is 0 Å². The molecule has 0 spiro atoms. The van der Waals surface area contributed by atoms with Crippen LogP contribution in [0.5, 0.6) is 0 Å². The van der Waals surface area contributed by atoms with Crippen molar-refractivity contribution < 1.29 is 4.79 Å². The lowest BCUT2D eigenvalue weighted by atomic mass is 9.78. The highest BCUT2D eigenvalue weighted by Crippen LogP contribution is 2.44. The molecule has 114 valence electrons. The number of carbonyl (C=O) groups excluding carboxylic acids is 1. The normalized spacial score (nSPS) is 29.6. The van der Waals surface area contributed by atoms with Crippen LogP contribution >= 0.6 is 0 Å². The van der Waals surface area contributed by atoms with Gasteiger partial charge >= 0.3 is 0 Å². The van der Waals surface area contributed by atoms with Crippen LogP contribution in [0.4, 0.5) is 0 Å². The van der Waals surface area contributed by atoms with E-state index < -0.39 is 0 Å². The van der Waals surface area contributed by atoms with Crippen molar-refractivity contribution in [3.05, 3.63) is 0 Å². The first-order valence-electron chi connectivity index (χ1n) is 8.63. The molecule has 1 N–H and O–H groups in total. The molecule has 20 heavy (non-hydrogen) atoms. The number of hydrogen-bond donors (Lipinski definition) is 1. The lowest BCUT2D eigenvalue weighted by molar-refractivity contribution is -0.131. The lowest BCUT2D eigenvalue weighted by Gasteiger charge is -2.35. The van der Waals surface area contributed by atoms with Crippen LogP contribution in [0.25, 0.3) is 0 Å². The Kier molecular flexibility index (Phi) is 4.07. The highest BCUT2D eigenvalue weighted by molar-refractivity contribution is 5.84. The molecular weight excluding hydrogens is 248 g/mol. The predicted octanol–water partition coefficient (Wildman–Crippen LogP) is 2.95. The zero-order valence-corrected chi connectivity index (χ0v) is 13.2. The standard InChI is InChI=1S/C17H30N2O/c1-13(2)11-17(8-3-4-9-17)12-19-10-7-15(16(19)20)18-14-5-6-14/h13-15,18H,3-12H2,1-2H3. The Morgan fingerprint density at radius 2 is 1.95 bits per heavy atom. The van der Waals surface area contributed by atoms with Gasteiger partial charge in [-0.2, -0.15) is 0 Å². The molecule has 2 saturated carbocycles. The van der Waals surface area contributed by atoms with Gasteiger partial charge in [-0.3, -0.25) is 4.79 Å². The molecule has 1 heterocycles. The topological polar surface area (TPSA) is 32.3 Å². The second-order valence-corrected chi connectivity index (χ2v) is 7.85. The van der Waals surface area contributed by atoms with E-state index in [1.54, 1.807) is 0 Å². The Labute approximate surface area is 123 Å². The quantitative estimate of drug-likeness (QED) is 0.810. The molecule has 3 rings (SSSR count). The summed E-state index contributed by atoms with van der Waals surface area (Å²) in [7, 11) is 0. The minimum absolute atomic E-state index is 0.125. The molecule has 0 aromatic heterocycles. The SMILES string of the molecule is CC(C)CC1(CN2CCC(NC3CC3)C2=O)CCCC1. The van der Waals surface area contributed by atoms with E-state index in [4.69, 9.17) is 0 Å². The zero-order valence-electron chi connectivity index (χ0n) is 13.2. The Morgan fingerprint density at radius 1 is 1.25 bits per heavy atom. The number of nitrogens with one attached hydrogen (secondary N) is 1. The van der Waals surface area contributed by atoms with E-state index in [1.807, 2.05) is 0 Å². The predicted molar refractivity (Wildman–Crippen MR) is 81.5 cm³/mol. The molecule has 1 saturated heterocycles. The lowest BCUT2D eigenvalue weighted by Crippen LogP contribution is -2.43. The fraction of sp³-hybridized carbons (Fsp3) is 0.941. The smallest absolute Gasteiger partial charge is 0.239 e. The van der Waals surface area contributed by atoms with Crippen molar-refractivity contribution in [1.29, 1.82) is 0 Å².